The molecule has 0 radical (unpaired) electrons. The van der Waals surface area contributed by atoms with Crippen LogP contribution in [0.1, 0.15) is 47.5 Å². The van der Waals surface area contributed by atoms with Gasteiger partial charge in [0.25, 0.3) is 0 Å². The number of hydrogen-bond acceptors (Lipinski definition) is 3. The first kappa shape index (κ1) is 16.6. The highest BCUT2D eigenvalue weighted by Gasteiger charge is 2.33. The molecule has 0 aliphatic rings. The number of ether oxygens (including phenoxy) is 1. The van der Waals surface area contributed by atoms with E-state index in [-0.39, 0.29) is 11.4 Å². The van der Waals surface area contributed by atoms with Crippen molar-refractivity contribution in [2.24, 2.45) is 5.41 Å². The van der Waals surface area contributed by atoms with Crippen LogP contribution in [-0.2, 0) is 20.5 Å². The first-order valence-electron chi connectivity index (χ1n) is 6.14. The van der Waals surface area contributed by atoms with Crippen molar-refractivity contribution in [1.82, 2.24) is 4.72 Å². The molecular formula is C12H25NO3S. The van der Waals surface area contributed by atoms with Crippen molar-refractivity contribution in [3.05, 3.63) is 0 Å². The number of hydrogen-bond donors (Lipinski definition) is 1. The van der Waals surface area contributed by atoms with E-state index >= 15 is 0 Å². The zero-order chi connectivity index (χ0) is 13.5. The van der Waals surface area contributed by atoms with Gasteiger partial charge in [0.15, 0.2) is 0 Å². The third-order valence-corrected chi connectivity index (χ3v) is 3.48. The van der Waals surface area contributed by atoms with E-state index in [1.165, 1.54) is 0 Å². The lowest BCUT2D eigenvalue weighted by atomic mass is 9.87. The van der Waals surface area contributed by atoms with Gasteiger partial charge in [-0.05, 0) is 18.8 Å². The van der Waals surface area contributed by atoms with E-state index in [2.05, 4.69) is 4.72 Å². The molecule has 102 valence electrons. The Morgan fingerprint density at radius 2 is 1.94 bits per heavy atom. The molecule has 0 bridgehead atoms. The van der Waals surface area contributed by atoms with Gasteiger partial charge in [-0.25, -0.2) is 8.93 Å². The first-order chi connectivity index (χ1) is 7.82. The van der Waals surface area contributed by atoms with Gasteiger partial charge in [0.1, 0.15) is 6.04 Å². The van der Waals surface area contributed by atoms with Crippen LogP contribution in [0.3, 0.4) is 0 Å². The minimum Gasteiger partial charge on any atom is -0.465 e. The lowest BCUT2D eigenvalue weighted by Gasteiger charge is -2.28. The molecule has 0 spiro atoms. The van der Waals surface area contributed by atoms with Crippen molar-refractivity contribution in [3.8, 4) is 0 Å². The van der Waals surface area contributed by atoms with Crippen molar-refractivity contribution in [3.63, 3.8) is 0 Å². The summed E-state index contributed by atoms with van der Waals surface area (Å²) in [6.45, 7) is 9.94. The molecule has 4 nitrogen and oxygen atoms in total. The maximum atomic E-state index is 11.8. The largest absolute Gasteiger partial charge is 0.465 e. The van der Waals surface area contributed by atoms with E-state index in [4.69, 9.17) is 4.74 Å². The van der Waals surface area contributed by atoms with Crippen molar-refractivity contribution in [2.75, 3.05) is 12.4 Å². The third-order valence-electron chi connectivity index (χ3n) is 2.32. The van der Waals surface area contributed by atoms with Crippen LogP contribution >= 0.6 is 0 Å². The molecule has 5 heteroatoms. The van der Waals surface area contributed by atoms with Crippen molar-refractivity contribution in [2.45, 2.75) is 53.5 Å². The summed E-state index contributed by atoms with van der Waals surface area (Å²) in [6, 6.07) is -0.528. The summed E-state index contributed by atoms with van der Waals surface area (Å²) in [4.78, 5) is 11.8. The molecule has 0 amide bonds. The second-order valence-corrected chi connectivity index (χ2v) is 6.41. The molecule has 1 N–H and O–H groups in total. The molecule has 17 heavy (non-hydrogen) atoms. The summed E-state index contributed by atoms with van der Waals surface area (Å²) in [6.07, 6.45) is 1.88. The molecule has 0 unspecified atom stereocenters. The summed E-state index contributed by atoms with van der Waals surface area (Å²) >= 11 is 0. The molecule has 0 saturated carbocycles. The molecule has 0 saturated heterocycles. The predicted molar refractivity (Wildman–Crippen MR) is 70.9 cm³/mol. The summed E-state index contributed by atoms with van der Waals surface area (Å²) < 4.78 is 19.6. The van der Waals surface area contributed by atoms with Gasteiger partial charge >= 0.3 is 5.97 Å². The normalized spacial score (nSPS) is 15.4. The van der Waals surface area contributed by atoms with Gasteiger partial charge in [-0.15, -0.1) is 0 Å². The van der Waals surface area contributed by atoms with Crippen LogP contribution in [0.4, 0.5) is 0 Å². The van der Waals surface area contributed by atoms with Crippen molar-refractivity contribution in [1.29, 1.82) is 0 Å². The van der Waals surface area contributed by atoms with Gasteiger partial charge in [0, 0.05) is 5.75 Å². The molecule has 0 aromatic carbocycles. The van der Waals surface area contributed by atoms with E-state index in [0.29, 0.717) is 12.4 Å². The topological polar surface area (TPSA) is 55.4 Å². The highest BCUT2D eigenvalue weighted by Crippen LogP contribution is 2.20. The van der Waals surface area contributed by atoms with Crippen LogP contribution in [-0.4, -0.2) is 28.6 Å². The Hall–Kier alpha value is -0.420. The number of carbonyl (C=O) groups excluding carboxylic acids is 1. The van der Waals surface area contributed by atoms with Crippen LogP contribution in [0.15, 0.2) is 0 Å². The Morgan fingerprint density at radius 1 is 1.35 bits per heavy atom. The molecular weight excluding hydrogens is 238 g/mol. The monoisotopic (exact) mass is 263 g/mol. The van der Waals surface area contributed by atoms with Crippen molar-refractivity contribution < 1.29 is 13.7 Å². The van der Waals surface area contributed by atoms with Crippen LogP contribution in [0.5, 0.6) is 0 Å². The average molecular weight is 263 g/mol. The van der Waals surface area contributed by atoms with Gasteiger partial charge in [-0.1, -0.05) is 34.1 Å². The minimum absolute atomic E-state index is 0.311. The molecule has 0 rings (SSSR count). The second-order valence-electron chi connectivity index (χ2n) is 5.07. The molecule has 0 fully saturated rings. The minimum atomic E-state index is -1.17. The molecule has 0 aliphatic heterocycles. The van der Waals surface area contributed by atoms with E-state index < -0.39 is 17.0 Å². The summed E-state index contributed by atoms with van der Waals surface area (Å²) in [5.41, 5.74) is -0.311. The van der Waals surface area contributed by atoms with Gasteiger partial charge < -0.3 is 4.74 Å². The predicted octanol–water partition coefficient (Wildman–Crippen LogP) is 2.02. The summed E-state index contributed by atoms with van der Waals surface area (Å²) in [5.74, 6) is 0.243. The van der Waals surface area contributed by atoms with Crippen molar-refractivity contribution >= 4 is 17.0 Å². The lowest BCUT2D eigenvalue weighted by Crippen LogP contribution is -2.48. The van der Waals surface area contributed by atoms with Gasteiger partial charge in [-0.3, -0.25) is 4.79 Å². The number of esters is 1. The van der Waals surface area contributed by atoms with Gasteiger partial charge in [-0.2, -0.15) is 0 Å². The smallest absolute Gasteiger partial charge is 0.324 e. The van der Waals surface area contributed by atoms with E-state index in [1.807, 2.05) is 27.7 Å². The van der Waals surface area contributed by atoms with E-state index in [0.717, 1.165) is 12.8 Å². The Kier molecular flexibility index (Phi) is 7.63. The number of nitrogens with one attached hydrogen (secondary N) is 1. The van der Waals surface area contributed by atoms with Gasteiger partial charge in [0.2, 0.25) is 0 Å². The molecule has 0 aromatic heterocycles. The third kappa shape index (κ3) is 6.78. The average Bonchev–Trinajstić information content (AvgIpc) is 2.21. The van der Waals surface area contributed by atoms with Crippen LogP contribution < -0.4 is 4.72 Å². The van der Waals surface area contributed by atoms with E-state index in [9.17, 15) is 9.00 Å². The lowest BCUT2D eigenvalue weighted by molar-refractivity contribution is -0.147. The van der Waals surface area contributed by atoms with Crippen LogP contribution in [0, 0.1) is 5.41 Å². The zero-order valence-electron chi connectivity index (χ0n) is 11.5. The SMILES string of the molecule is CCCC[S@](=O)N[C@H](C(=O)OCC)C(C)(C)C. The maximum absolute atomic E-state index is 11.8. The van der Waals surface area contributed by atoms with Crippen LogP contribution in [0.25, 0.3) is 0 Å². The highest BCUT2D eigenvalue weighted by molar-refractivity contribution is 7.83. The number of rotatable bonds is 7. The number of carbonyl (C=O) groups is 1. The highest BCUT2D eigenvalue weighted by atomic mass is 32.2. The summed E-state index contributed by atoms with van der Waals surface area (Å²) in [5, 5.41) is 0. The number of unbranched alkanes of at least 4 members (excludes halogenated alkanes) is 1. The second kappa shape index (κ2) is 7.82. The molecule has 0 aromatic rings. The fraction of sp³-hybridized carbons (Fsp3) is 0.917. The van der Waals surface area contributed by atoms with Crippen LogP contribution in [0.2, 0.25) is 0 Å². The Morgan fingerprint density at radius 3 is 2.35 bits per heavy atom. The fourth-order valence-corrected chi connectivity index (χ4v) is 2.65. The first-order valence-corrected chi connectivity index (χ1v) is 7.46. The maximum Gasteiger partial charge on any atom is 0.324 e. The fourth-order valence-electron chi connectivity index (χ4n) is 1.27. The van der Waals surface area contributed by atoms with Gasteiger partial charge in [0.05, 0.1) is 17.6 Å². The van der Waals surface area contributed by atoms with E-state index in [1.54, 1.807) is 6.92 Å². The molecule has 0 aliphatic carbocycles. The Bertz CT molecular complexity index is 261. The quantitative estimate of drug-likeness (QED) is 0.715. The molecule has 2 atom stereocenters. The standard InChI is InChI=1S/C12H25NO3S/c1-6-8-9-17(15)13-10(12(3,4)5)11(14)16-7-2/h10,13H,6-9H2,1-5H3/t10-,17+/m1/s1. The molecule has 0 heterocycles. The Labute approximate surface area is 107 Å². The Balaban J connectivity index is 4.50. The summed E-state index contributed by atoms with van der Waals surface area (Å²) in [7, 11) is -1.17. The zero-order valence-corrected chi connectivity index (χ0v) is 12.4.